The number of aromatic amines is 1. The fraction of sp³-hybridized carbons (Fsp3) is 0.333. The van der Waals surface area contributed by atoms with E-state index in [0.29, 0.717) is 12.4 Å². The molecule has 6 nitrogen and oxygen atoms in total. The molecule has 3 aromatic rings. The Morgan fingerprint density at radius 2 is 2.18 bits per heavy atom. The van der Waals surface area contributed by atoms with Crippen LogP contribution in [0, 0.1) is 0 Å². The average molecular weight is 317 g/mol. The van der Waals surface area contributed by atoms with E-state index in [-0.39, 0.29) is 6.61 Å². The minimum Gasteiger partial charge on any atom is -0.394 e. The standard InChI is InChI=1S/C15H19N5OS/c1-2-22-9-12-13(14(16)20(19-12)7-8-21)15-17-10-5-3-4-6-11(10)18-15/h3-6,21H,2,7-9,16H2,1H3,(H,17,18). The van der Waals surface area contributed by atoms with Gasteiger partial charge in [0.25, 0.3) is 0 Å². The van der Waals surface area contributed by atoms with Gasteiger partial charge in [0.1, 0.15) is 11.6 Å². The predicted molar refractivity (Wildman–Crippen MR) is 90.6 cm³/mol. The van der Waals surface area contributed by atoms with Crippen LogP contribution >= 0.6 is 11.8 Å². The lowest BCUT2D eigenvalue weighted by molar-refractivity contribution is 0.270. The Morgan fingerprint density at radius 3 is 2.91 bits per heavy atom. The molecule has 0 atom stereocenters. The summed E-state index contributed by atoms with van der Waals surface area (Å²) in [7, 11) is 0. The zero-order valence-electron chi connectivity index (χ0n) is 12.4. The second-order valence-electron chi connectivity index (χ2n) is 4.89. The van der Waals surface area contributed by atoms with E-state index in [2.05, 4.69) is 22.0 Å². The second kappa shape index (κ2) is 6.41. The number of fused-ring (bicyclic) bond motifs is 1. The quantitative estimate of drug-likeness (QED) is 0.648. The van der Waals surface area contributed by atoms with Gasteiger partial charge < -0.3 is 15.8 Å². The maximum absolute atomic E-state index is 9.16. The largest absolute Gasteiger partial charge is 0.394 e. The van der Waals surface area contributed by atoms with E-state index in [4.69, 9.17) is 10.8 Å². The van der Waals surface area contributed by atoms with Gasteiger partial charge in [-0.3, -0.25) is 0 Å². The maximum atomic E-state index is 9.16. The summed E-state index contributed by atoms with van der Waals surface area (Å²) < 4.78 is 1.65. The van der Waals surface area contributed by atoms with Gasteiger partial charge in [-0.15, -0.1) is 0 Å². The molecule has 1 aromatic carbocycles. The van der Waals surface area contributed by atoms with Crippen molar-refractivity contribution in [1.29, 1.82) is 0 Å². The lowest BCUT2D eigenvalue weighted by Gasteiger charge is -2.01. The molecule has 0 saturated carbocycles. The molecule has 2 aromatic heterocycles. The predicted octanol–water partition coefficient (Wildman–Crippen LogP) is 2.25. The summed E-state index contributed by atoms with van der Waals surface area (Å²) in [4.78, 5) is 7.93. The van der Waals surface area contributed by atoms with Crippen molar-refractivity contribution in [2.24, 2.45) is 0 Å². The van der Waals surface area contributed by atoms with Gasteiger partial charge in [-0.05, 0) is 17.9 Å². The molecule has 4 N–H and O–H groups in total. The summed E-state index contributed by atoms with van der Waals surface area (Å²) in [5, 5.41) is 13.7. The van der Waals surface area contributed by atoms with Crippen molar-refractivity contribution < 1.29 is 5.11 Å². The lowest BCUT2D eigenvalue weighted by atomic mass is 10.2. The first-order valence-electron chi connectivity index (χ1n) is 7.23. The van der Waals surface area contributed by atoms with Gasteiger partial charge in [0, 0.05) is 5.75 Å². The van der Waals surface area contributed by atoms with Gasteiger partial charge in [0.2, 0.25) is 0 Å². The number of nitrogens with zero attached hydrogens (tertiary/aromatic N) is 3. The normalized spacial score (nSPS) is 11.4. The van der Waals surface area contributed by atoms with Gasteiger partial charge in [0.05, 0.1) is 35.4 Å². The van der Waals surface area contributed by atoms with Gasteiger partial charge in [-0.2, -0.15) is 16.9 Å². The van der Waals surface area contributed by atoms with Crippen molar-refractivity contribution in [2.45, 2.75) is 19.2 Å². The number of imidazole rings is 1. The molecule has 0 bridgehead atoms. The first-order chi connectivity index (χ1) is 10.7. The molecule has 7 heteroatoms. The number of nitrogens with two attached hydrogens (primary N) is 1. The van der Waals surface area contributed by atoms with E-state index in [1.807, 2.05) is 24.3 Å². The fourth-order valence-corrected chi connectivity index (χ4v) is 3.02. The Kier molecular flexibility index (Phi) is 4.35. The molecule has 0 aliphatic heterocycles. The van der Waals surface area contributed by atoms with E-state index in [9.17, 15) is 0 Å². The van der Waals surface area contributed by atoms with E-state index in [1.165, 1.54) is 0 Å². The number of thioether (sulfide) groups is 1. The van der Waals surface area contributed by atoms with Crippen LogP contribution < -0.4 is 5.73 Å². The van der Waals surface area contributed by atoms with Crippen molar-refractivity contribution in [3.8, 4) is 11.4 Å². The summed E-state index contributed by atoms with van der Waals surface area (Å²) >= 11 is 1.78. The number of aliphatic hydroxyl groups is 1. The third-order valence-electron chi connectivity index (χ3n) is 3.45. The van der Waals surface area contributed by atoms with E-state index >= 15 is 0 Å². The minimum absolute atomic E-state index is 0.00576. The highest BCUT2D eigenvalue weighted by Crippen LogP contribution is 2.31. The van der Waals surface area contributed by atoms with Crippen molar-refractivity contribution in [3.63, 3.8) is 0 Å². The zero-order chi connectivity index (χ0) is 15.5. The summed E-state index contributed by atoms with van der Waals surface area (Å²) in [6.07, 6.45) is 0. The Bertz CT molecular complexity index is 746. The van der Waals surface area contributed by atoms with Crippen molar-refractivity contribution in [1.82, 2.24) is 19.7 Å². The summed E-state index contributed by atoms with van der Waals surface area (Å²) in [6.45, 7) is 2.50. The van der Waals surface area contributed by atoms with Crippen LogP contribution in [0.4, 0.5) is 5.82 Å². The number of aliphatic hydroxyl groups excluding tert-OH is 1. The highest BCUT2D eigenvalue weighted by Gasteiger charge is 2.19. The molecule has 0 spiro atoms. The van der Waals surface area contributed by atoms with E-state index in [0.717, 1.165) is 39.6 Å². The highest BCUT2D eigenvalue weighted by molar-refractivity contribution is 7.98. The number of hydrogen-bond acceptors (Lipinski definition) is 5. The number of hydrogen-bond donors (Lipinski definition) is 3. The molecule has 0 fully saturated rings. The molecule has 0 unspecified atom stereocenters. The van der Waals surface area contributed by atoms with Gasteiger partial charge >= 0.3 is 0 Å². The average Bonchev–Trinajstić information content (AvgIpc) is 3.07. The van der Waals surface area contributed by atoms with E-state index < -0.39 is 0 Å². The number of benzene rings is 1. The van der Waals surface area contributed by atoms with Crippen LogP contribution in [-0.2, 0) is 12.3 Å². The van der Waals surface area contributed by atoms with Crippen LogP contribution in [0.1, 0.15) is 12.6 Å². The number of para-hydroxylation sites is 2. The number of anilines is 1. The van der Waals surface area contributed by atoms with Crippen LogP contribution in [0.5, 0.6) is 0 Å². The number of rotatable bonds is 6. The maximum Gasteiger partial charge on any atom is 0.144 e. The number of H-pyrrole nitrogens is 1. The monoisotopic (exact) mass is 317 g/mol. The lowest BCUT2D eigenvalue weighted by Crippen LogP contribution is -2.08. The molecule has 116 valence electrons. The Hall–Kier alpha value is -1.99. The summed E-state index contributed by atoms with van der Waals surface area (Å²) in [5.41, 5.74) is 9.85. The molecule has 0 amide bonds. The molecule has 3 rings (SSSR count). The molecular formula is C15H19N5OS. The Morgan fingerprint density at radius 1 is 1.36 bits per heavy atom. The molecule has 0 aliphatic rings. The van der Waals surface area contributed by atoms with Crippen LogP contribution in [0.2, 0.25) is 0 Å². The van der Waals surface area contributed by atoms with Crippen molar-refractivity contribution >= 4 is 28.6 Å². The molecule has 0 saturated heterocycles. The topological polar surface area (TPSA) is 92.8 Å². The fourth-order valence-electron chi connectivity index (χ4n) is 2.42. The van der Waals surface area contributed by atoms with Crippen molar-refractivity contribution in [3.05, 3.63) is 30.0 Å². The number of nitrogens with one attached hydrogen (secondary N) is 1. The van der Waals surface area contributed by atoms with E-state index in [1.54, 1.807) is 16.4 Å². The van der Waals surface area contributed by atoms with Gasteiger partial charge in [0.15, 0.2) is 0 Å². The number of nitrogen functional groups attached to an aromatic ring is 1. The summed E-state index contributed by atoms with van der Waals surface area (Å²) in [6, 6.07) is 7.88. The van der Waals surface area contributed by atoms with Crippen LogP contribution in [0.25, 0.3) is 22.4 Å². The van der Waals surface area contributed by atoms with Crippen molar-refractivity contribution in [2.75, 3.05) is 18.1 Å². The SMILES string of the molecule is CCSCc1nn(CCO)c(N)c1-c1nc2ccccc2[nH]1. The van der Waals surface area contributed by atoms with Crippen LogP contribution in [0.15, 0.2) is 24.3 Å². The van der Waals surface area contributed by atoms with Crippen LogP contribution in [-0.4, -0.2) is 37.2 Å². The molecule has 22 heavy (non-hydrogen) atoms. The van der Waals surface area contributed by atoms with Gasteiger partial charge in [-0.1, -0.05) is 19.1 Å². The third kappa shape index (κ3) is 2.69. The van der Waals surface area contributed by atoms with Crippen LogP contribution in [0.3, 0.4) is 0 Å². The second-order valence-corrected chi connectivity index (χ2v) is 6.17. The molecule has 0 aliphatic carbocycles. The Balaban J connectivity index is 2.10. The highest BCUT2D eigenvalue weighted by atomic mass is 32.2. The Labute approximate surface area is 132 Å². The number of aromatic nitrogens is 4. The first kappa shape index (κ1) is 14.9. The smallest absolute Gasteiger partial charge is 0.144 e. The minimum atomic E-state index is 0.00576. The molecule has 2 heterocycles. The summed E-state index contributed by atoms with van der Waals surface area (Å²) in [5.74, 6) is 3.05. The molecular weight excluding hydrogens is 298 g/mol. The van der Waals surface area contributed by atoms with Gasteiger partial charge in [-0.25, -0.2) is 9.67 Å². The zero-order valence-corrected chi connectivity index (χ0v) is 13.2. The first-order valence-corrected chi connectivity index (χ1v) is 8.39. The molecule has 0 radical (unpaired) electrons. The third-order valence-corrected chi connectivity index (χ3v) is 4.33.